The molecule has 1 aliphatic rings. The molecule has 0 spiro atoms. The summed E-state index contributed by atoms with van der Waals surface area (Å²) in [5.41, 5.74) is 0.305. The predicted molar refractivity (Wildman–Crippen MR) is 76.3 cm³/mol. The van der Waals surface area contributed by atoms with Crippen molar-refractivity contribution in [3.8, 4) is 0 Å². The van der Waals surface area contributed by atoms with Crippen LogP contribution in [0.15, 0.2) is 0 Å². The minimum absolute atomic E-state index is 0.254. The molecule has 0 bridgehead atoms. The van der Waals surface area contributed by atoms with E-state index in [2.05, 4.69) is 48.9 Å². The van der Waals surface area contributed by atoms with Crippen molar-refractivity contribution in [3.63, 3.8) is 0 Å². The number of halogens is 1. The molecule has 0 radical (unpaired) electrons. The third-order valence-electron chi connectivity index (χ3n) is 3.53. The Morgan fingerprint density at radius 3 is 2.53 bits per heavy atom. The third-order valence-corrected chi connectivity index (χ3v) is 4.18. The SMILES string of the molecule is CC1CCCC1C(=O)NCC(Br)CC(C)(C)C. The molecule has 0 aliphatic heterocycles. The molecule has 0 aromatic carbocycles. The van der Waals surface area contributed by atoms with Crippen LogP contribution in [0.2, 0.25) is 0 Å². The molecule has 3 heteroatoms. The number of hydrogen-bond donors (Lipinski definition) is 1. The van der Waals surface area contributed by atoms with Crippen LogP contribution in [0.3, 0.4) is 0 Å². The molecule has 1 amide bonds. The van der Waals surface area contributed by atoms with E-state index in [4.69, 9.17) is 0 Å². The molecule has 0 aromatic heterocycles. The standard InChI is InChI=1S/C14H26BrNO/c1-10-6-5-7-12(10)13(17)16-9-11(15)8-14(2,3)4/h10-12H,5-9H2,1-4H3,(H,16,17). The maximum absolute atomic E-state index is 12.0. The van der Waals surface area contributed by atoms with E-state index >= 15 is 0 Å². The van der Waals surface area contributed by atoms with Crippen LogP contribution in [-0.2, 0) is 4.79 Å². The molecular weight excluding hydrogens is 278 g/mol. The van der Waals surface area contributed by atoms with Gasteiger partial charge in [-0.15, -0.1) is 0 Å². The Bertz CT molecular complexity index is 259. The highest BCUT2D eigenvalue weighted by Gasteiger charge is 2.29. The van der Waals surface area contributed by atoms with Crippen LogP contribution in [0.25, 0.3) is 0 Å². The van der Waals surface area contributed by atoms with Crippen molar-refractivity contribution < 1.29 is 4.79 Å². The number of hydrogen-bond acceptors (Lipinski definition) is 1. The van der Waals surface area contributed by atoms with Gasteiger partial charge < -0.3 is 5.32 Å². The maximum atomic E-state index is 12.0. The van der Waals surface area contributed by atoms with Crippen LogP contribution >= 0.6 is 15.9 Å². The van der Waals surface area contributed by atoms with Gasteiger partial charge in [0.05, 0.1) is 0 Å². The third kappa shape index (κ3) is 5.41. The molecule has 0 heterocycles. The highest BCUT2D eigenvalue weighted by Crippen LogP contribution is 2.31. The van der Waals surface area contributed by atoms with Crippen LogP contribution in [-0.4, -0.2) is 17.3 Å². The smallest absolute Gasteiger partial charge is 0.223 e. The molecule has 3 atom stereocenters. The summed E-state index contributed by atoms with van der Waals surface area (Å²) in [6.07, 6.45) is 4.56. The first kappa shape index (κ1) is 15.0. The average Bonchev–Trinajstić information content (AvgIpc) is 2.58. The second-order valence-corrected chi connectivity index (χ2v) is 7.92. The van der Waals surface area contributed by atoms with Crippen LogP contribution in [0.5, 0.6) is 0 Å². The van der Waals surface area contributed by atoms with E-state index in [1.165, 1.54) is 12.8 Å². The van der Waals surface area contributed by atoms with E-state index in [9.17, 15) is 4.79 Å². The molecule has 0 aromatic rings. The van der Waals surface area contributed by atoms with Gasteiger partial charge in [-0.25, -0.2) is 0 Å². The summed E-state index contributed by atoms with van der Waals surface area (Å²) in [6, 6.07) is 0. The van der Waals surface area contributed by atoms with Crippen molar-refractivity contribution in [1.82, 2.24) is 5.32 Å². The van der Waals surface area contributed by atoms with Gasteiger partial charge in [-0.1, -0.05) is 50.0 Å². The Morgan fingerprint density at radius 2 is 2.06 bits per heavy atom. The maximum Gasteiger partial charge on any atom is 0.223 e. The van der Waals surface area contributed by atoms with E-state index in [-0.39, 0.29) is 11.8 Å². The monoisotopic (exact) mass is 303 g/mol. The Hall–Kier alpha value is -0.0500. The molecule has 1 N–H and O–H groups in total. The first-order valence-corrected chi connectivity index (χ1v) is 7.63. The van der Waals surface area contributed by atoms with Crippen LogP contribution in [0.1, 0.15) is 53.4 Å². The summed E-state index contributed by atoms with van der Waals surface area (Å²) < 4.78 is 0. The number of alkyl halides is 1. The summed E-state index contributed by atoms with van der Waals surface area (Å²) in [5, 5.41) is 3.09. The van der Waals surface area contributed by atoms with E-state index in [1.54, 1.807) is 0 Å². The van der Waals surface area contributed by atoms with Crippen LogP contribution < -0.4 is 5.32 Å². The molecule has 1 aliphatic carbocycles. The lowest BCUT2D eigenvalue weighted by Crippen LogP contribution is -2.36. The summed E-state index contributed by atoms with van der Waals surface area (Å²) in [6.45, 7) is 9.61. The zero-order valence-corrected chi connectivity index (χ0v) is 13.1. The summed E-state index contributed by atoms with van der Waals surface area (Å²) in [7, 11) is 0. The van der Waals surface area contributed by atoms with Crippen molar-refractivity contribution in [2.45, 2.75) is 58.2 Å². The summed E-state index contributed by atoms with van der Waals surface area (Å²) in [4.78, 5) is 12.4. The van der Waals surface area contributed by atoms with E-state index in [1.807, 2.05) is 0 Å². The fraction of sp³-hybridized carbons (Fsp3) is 0.929. The van der Waals surface area contributed by atoms with E-state index in [0.29, 0.717) is 16.2 Å². The minimum Gasteiger partial charge on any atom is -0.355 e. The molecule has 17 heavy (non-hydrogen) atoms. The lowest BCUT2D eigenvalue weighted by Gasteiger charge is -2.23. The lowest BCUT2D eigenvalue weighted by molar-refractivity contribution is -0.125. The first-order chi connectivity index (χ1) is 7.79. The number of rotatable bonds is 4. The van der Waals surface area contributed by atoms with Gasteiger partial charge in [0.2, 0.25) is 5.91 Å². The van der Waals surface area contributed by atoms with E-state index in [0.717, 1.165) is 19.4 Å². The van der Waals surface area contributed by atoms with Crippen LogP contribution in [0.4, 0.5) is 0 Å². The number of amides is 1. The van der Waals surface area contributed by atoms with Gasteiger partial charge in [0.15, 0.2) is 0 Å². The summed E-state index contributed by atoms with van der Waals surface area (Å²) >= 11 is 3.65. The Balaban J connectivity index is 2.28. The van der Waals surface area contributed by atoms with Crippen molar-refractivity contribution in [1.29, 1.82) is 0 Å². The molecule has 2 nitrogen and oxygen atoms in total. The number of carbonyl (C=O) groups is 1. The van der Waals surface area contributed by atoms with Gasteiger partial charge in [-0.3, -0.25) is 4.79 Å². The predicted octanol–water partition coefficient (Wildman–Crippen LogP) is 3.74. The molecule has 1 fully saturated rings. The van der Waals surface area contributed by atoms with Gasteiger partial charge >= 0.3 is 0 Å². The van der Waals surface area contributed by atoms with Crippen molar-refractivity contribution in [2.24, 2.45) is 17.3 Å². The van der Waals surface area contributed by atoms with Gasteiger partial charge in [-0.2, -0.15) is 0 Å². The molecule has 3 unspecified atom stereocenters. The zero-order chi connectivity index (χ0) is 13.1. The normalized spacial score (nSPS) is 26.9. The van der Waals surface area contributed by atoms with Gasteiger partial charge in [0.1, 0.15) is 0 Å². The highest BCUT2D eigenvalue weighted by atomic mass is 79.9. The minimum atomic E-state index is 0.254. The quantitative estimate of drug-likeness (QED) is 0.788. The highest BCUT2D eigenvalue weighted by molar-refractivity contribution is 9.09. The average molecular weight is 304 g/mol. The lowest BCUT2D eigenvalue weighted by atomic mass is 9.90. The van der Waals surface area contributed by atoms with Crippen molar-refractivity contribution in [2.75, 3.05) is 6.54 Å². The Kier molecular flexibility index (Phi) is 5.49. The van der Waals surface area contributed by atoms with Gasteiger partial charge in [0.25, 0.3) is 0 Å². The number of nitrogens with one attached hydrogen (secondary N) is 1. The first-order valence-electron chi connectivity index (χ1n) is 6.71. The summed E-state index contributed by atoms with van der Waals surface area (Å²) in [5.74, 6) is 1.07. The molecular formula is C14H26BrNO. The molecule has 1 rings (SSSR count). The molecule has 0 saturated heterocycles. The number of carbonyl (C=O) groups excluding carboxylic acids is 1. The van der Waals surface area contributed by atoms with Crippen molar-refractivity contribution >= 4 is 21.8 Å². The topological polar surface area (TPSA) is 29.1 Å². The van der Waals surface area contributed by atoms with E-state index < -0.39 is 0 Å². The fourth-order valence-electron chi connectivity index (χ4n) is 2.61. The van der Waals surface area contributed by atoms with Gasteiger partial charge in [-0.05, 0) is 30.6 Å². The van der Waals surface area contributed by atoms with Gasteiger partial charge in [0, 0.05) is 17.3 Å². The molecule has 100 valence electrons. The largest absolute Gasteiger partial charge is 0.355 e. The second kappa shape index (κ2) is 6.21. The fourth-order valence-corrected chi connectivity index (χ4v) is 3.75. The Morgan fingerprint density at radius 1 is 1.41 bits per heavy atom. The second-order valence-electron chi connectivity index (χ2n) is 6.62. The van der Waals surface area contributed by atoms with Crippen molar-refractivity contribution in [3.05, 3.63) is 0 Å². The zero-order valence-electron chi connectivity index (χ0n) is 11.6. The Labute approximate surface area is 114 Å². The van der Waals surface area contributed by atoms with Crippen LogP contribution in [0, 0.1) is 17.3 Å². The molecule has 1 saturated carbocycles.